The highest BCUT2D eigenvalue weighted by atomic mass is 16.6. The number of rotatable bonds is 11. The van der Waals surface area contributed by atoms with E-state index in [0.717, 1.165) is 5.56 Å². The summed E-state index contributed by atoms with van der Waals surface area (Å²) in [6, 6.07) is 6.83. The van der Waals surface area contributed by atoms with E-state index in [4.69, 9.17) is 14.2 Å². The fourth-order valence-corrected chi connectivity index (χ4v) is 2.89. The van der Waals surface area contributed by atoms with Crippen LogP contribution in [0, 0.1) is 5.92 Å². The summed E-state index contributed by atoms with van der Waals surface area (Å²) < 4.78 is 15.7. The molecule has 0 bridgehead atoms. The van der Waals surface area contributed by atoms with Crippen molar-refractivity contribution in [2.24, 2.45) is 5.92 Å². The molecule has 0 spiro atoms. The summed E-state index contributed by atoms with van der Waals surface area (Å²) in [5.41, 5.74) is -0.0226. The van der Waals surface area contributed by atoms with Gasteiger partial charge in [0, 0.05) is 0 Å². The summed E-state index contributed by atoms with van der Waals surface area (Å²) in [7, 11) is 0. The lowest BCUT2D eigenvalue weighted by atomic mass is 10.0. The first-order valence-corrected chi connectivity index (χ1v) is 11.5. The fraction of sp³-hybridized carbons (Fsp3) is 0.600. The van der Waals surface area contributed by atoms with Gasteiger partial charge in [-0.1, -0.05) is 44.2 Å². The molecule has 34 heavy (non-hydrogen) atoms. The smallest absolute Gasteiger partial charge is 0.408 e. The molecule has 0 aliphatic carbocycles. The fourth-order valence-electron chi connectivity index (χ4n) is 2.89. The van der Waals surface area contributed by atoms with Gasteiger partial charge in [0.05, 0.1) is 12.5 Å². The molecule has 2 amide bonds. The van der Waals surface area contributed by atoms with Gasteiger partial charge in [0.2, 0.25) is 5.91 Å². The Labute approximate surface area is 201 Å². The van der Waals surface area contributed by atoms with Gasteiger partial charge in [0.1, 0.15) is 24.3 Å². The number of hydrogen-bond acceptors (Lipinski definition) is 7. The van der Waals surface area contributed by atoms with Gasteiger partial charge in [-0.15, -0.1) is 0 Å². The molecule has 0 aliphatic heterocycles. The van der Waals surface area contributed by atoms with Crippen LogP contribution in [0.1, 0.15) is 66.9 Å². The monoisotopic (exact) mass is 478 g/mol. The lowest BCUT2D eigenvalue weighted by molar-refractivity contribution is -0.152. The maximum absolute atomic E-state index is 13.0. The molecule has 9 nitrogen and oxygen atoms in total. The average molecular weight is 479 g/mol. The Hall–Kier alpha value is -3.10. The molecule has 2 N–H and O–H groups in total. The van der Waals surface area contributed by atoms with Crippen molar-refractivity contribution in [3.8, 4) is 0 Å². The molecule has 190 valence electrons. The predicted molar refractivity (Wildman–Crippen MR) is 127 cm³/mol. The third-order valence-corrected chi connectivity index (χ3v) is 4.28. The van der Waals surface area contributed by atoms with Gasteiger partial charge in [-0.05, 0) is 52.5 Å². The predicted octanol–water partition coefficient (Wildman–Crippen LogP) is 3.50. The van der Waals surface area contributed by atoms with E-state index in [1.165, 1.54) is 0 Å². The van der Waals surface area contributed by atoms with Crippen molar-refractivity contribution < 1.29 is 33.4 Å². The molecular weight excluding hydrogens is 440 g/mol. The number of benzene rings is 1. The number of carbonyl (C=O) groups excluding carboxylic acids is 4. The molecule has 0 saturated carbocycles. The Kier molecular flexibility index (Phi) is 11.5. The minimum absolute atomic E-state index is 0.0249. The first-order chi connectivity index (χ1) is 15.8. The SMILES string of the molecule is CC(C)C[C@H](NC(=O)[C@H](CC(=O)OCc1ccccc1)NC(=O)OC(C)(C)C)C(=O)OC(C)C. The van der Waals surface area contributed by atoms with Crippen LogP contribution in [0.15, 0.2) is 30.3 Å². The number of esters is 2. The van der Waals surface area contributed by atoms with Crippen LogP contribution in [0.2, 0.25) is 0 Å². The second kappa shape index (κ2) is 13.6. The molecule has 9 heteroatoms. The molecule has 0 saturated heterocycles. The van der Waals surface area contributed by atoms with Crippen LogP contribution in [-0.2, 0) is 35.2 Å². The quantitative estimate of drug-likeness (QED) is 0.369. The van der Waals surface area contributed by atoms with Gasteiger partial charge in [0.25, 0.3) is 0 Å². The summed E-state index contributed by atoms with van der Waals surface area (Å²) >= 11 is 0. The van der Waals surface area contributed by atoms with E-state index in [-0.39, 0.29) is 18.6 Å². The third kappa shape index (κ3) is 12.2. The van der Waals surface area contributed by atoms with Gasteiger partial charge in [0.15, 0.2) is 0 Å². The summed E-state index contributed by atoms with van der Waals surface area (Å²) in [6.07, 6.45) is -1.34. The molecular formula is C25H38N2O7. The topological polar surface area (TPSA) is 120 Å². The second-order valence-electron chi connectivity index (χ2n) is 9.73. The molecule has 0 unspecified atom stereocenters. The van der Waals surface area contributed by atoms with Crippen LogP contribution in [-0.4, -0.2) is 47.7 Å². The van der Waals surface area contributed by atoms with Crippen LogP contribution in [0.5, 0.6) is 0 Å². The average Bonchev–Trinajstić information content (AvgIpc) is 2.69. The standard InChI is InChI=1S/C25H38N2O7/c1-16(2)13-20(23(30)33-17(3)4)26-22(29)19(27-24(31)34-25(5,6)7)14-21(28)32-15-18-11-9-8-10-12-18/h8-12,16-17,19-20H,13-15H2,1-7H3,(H,26,29)(H,27,31)/t19-,20-/m0/s1. The lowest BCUT2D eigenvalue weighted by Gasteiger charge is -2.25. The Bertz CT molecular complexity index is 816. The Morgan fingerprint density at radius 2 is 1.53 bits per heavy atom. The van der Waals surface area contributed by atoms with E-state index in [1.807, 2.05) is 32.0 Å². The zero-order chi connectivity index (χ0) is 25.9. The maximum Gasteiger partial charge on any atom is 0.408 e. The highest BCUT2D eigenvalue weighted by Crippen LogP contribution is 2.11. The zero-order valence-corrected chi connectivity index (χ0v) is 21.2. The molecule has 1 aromatic rings. The largest absolute Gasteiger partial charge is 0.461 e. The van der Waals surface area contributed by atoms with Crippen molar-refractivity contribution >= 4 is 23.9 Å². The summed E-state index contributed by atoms with van der Waals surface area (Å²) in [5, 5.41) is 5.02. The molecule has 0 radical (unpaired) electrons. The molecule has 0 heterocycles. The third-order valence-electron chi connectivity index (χ3n) is 4.28. The first-order valence-electron chi connectivity index (χ1n) is 11.5. The van der Waals surface area contributed by atoms with E-state index in [2.05, 4.69) is 10.6 Å². The maximum atomic E-state index is 13.0. The van der Waals surface area contributed by atoms with E-state index in [0.29, 0.717) is 6.42 Å². The van der Waals surface area contributed by atoms with E-state index >= 15 is 0 Å². The number of hydrogen-bond donors (Lipinski definition) is 2. The van der Waals surface area contributed by atoms with Crippen molar-refractivity contribution in [1.82, 2.24) is 10.6 Å². The molecule has 2 atom stereocenters. The normalized spacial score (nSPS) is 13.1. The molecule has 0 aromatic heterocycles. The number of amides is 2. The van der Waals surface area contributed by atoms with Crippen molar-refractivity contribution in [2.75, 3.05) is 0 Å². The van der Waals surface area contributed by atoms with Crippen LogP contribution >= 0.6 is 0 Å². The van der Waals surface area contributed by atoms with Gasteiger partial charge in [-0.3, -0.25) is 9.59 Å². The van der Waals surface area contributed by atoms with E-state index in [9.17, 15) is 19.2 Å². The Balaban J connectivity index is 2.94. The van der Waals surface area contributed by atoms with Crippen LogP contribution < -0.4 is 10.6 Å². The Morgan fingerprint density at radius 1 is 0.912 bits per heavy atom. The van der Waals surface area contributed by atoms with Gasteiger partial charge in [-0.25, -0.2) is 9.59 Å². The molecule has 1 rings (SSSR count). The van der Waals surface area contributed by atoms with Crippen molar-refractivity contribution in [3.63, 3.8) is 0 Å². The summed E-state index contributed by atoms with van der Waals surface area (Å²) in [4.78, 5) is 50.3. The van der Waals surface area contributed by atoms with Crippen LogP contribution in [0.4, 0.5) is 4.79 Å². The van der Waals surface area contributed by atoms with Crippen molar-refractivity contribution in [1.29, 1.82) is 0 Å². The van der Waals surface area contributed by atoms with Crippen molar-refractivity contribution in [3.05, 3.63) is 35.9 Å². The minimum atomic E-state index is -1.31. The highest BCUT2D eigenvalue weighted by molar-refractivity contribution is 5.92. The lowest BCUT2D eigenvalue weighted by Crippen LogP contribution is -2.53. The van der Waals surface area contributed by atoms with Crippen LogP contribution in [0.3, 0.4) is 0 Å². The van der Waals surface area contributed by atoms with Gasteiger partial charge in [-0.2, -0.15) is 0 Å². The molecule has 0 fully saturated rings. The molecule has 0 aliphatic rings. The van der Waals surface area contributed by atoms with E-state index < -0.39 is 48.0 Å². The summed E-state index contributed by atoms with van der Waals surface area (Å²) in [5.74, 6) is -1.91. The van der Waals surface area contributed by atoms with Gasteiger partial charge < -0.3 is 24.8 Å². The summed E-state index contributed by atoms with van der Waals surface area (Å²) in [6.45, 7) is 12.3. The van der Waals surface area contributed by atoms with E-state index in [1.54, 1.807) is 46.8 Å². The number of nitrogens with one attached hydrogen (secondary N) is 2. The minimum Gasteiger partial charge on any atom is -0.461 e. The Morgan fingerprint density at radius 3 is 2.06 bits per heavy atom. The highest BCUT2D eigenvalue weighted by Gasteiger charge is 2.31. The second-order valence-corrected chi connectivity index (χ2v) is 9.73. The van der Waals surface area contributed by atoms with Crippen molar-refractivity contribution in [2.45, 2.75) is 91.7 Å². The van der Waals surface area contributed by atoms with Gasteiger partial charge >= 0.3 is 18.0 Å². The number of ether oxygens (including phenoxy) is 3. The zero-order valence-electron chi connectivity index (χ0n) is 21.2. The molecule has 1 aromatic carbocycles. The van der Waals surface area contributed by atoms with Crippen LogP contribution in [0.25, 0.3) is 0 Å². The first kappa shape index (κ1) is 28.9. The number of carbonyl (C=O) groups is 4. The number of alkyl carbamates (subject to hydrolysis) is 1.